The fourth-order valence-corrected chi connectivity index (χ4v) is 2.30. The van der Waals surface area contributed by atoms with Gasteiger partial charge in [-0.15, -0.1) is 0 Å². The third kappa shape index (κ3) is 4.47. The molecule has 0 saturated heterocycles. The molecule has 0 amide bonds. The predicted molar refractivity (Wildman–Crippen MR) is 85.6 cm³/mol. The molecule has 0 unspecified atom stereocenters. The molecule has 0 spiro atoms. The van der Waals surface area contributed by atoms with Crippen molar-refractivity contribution in [1.82, 2.24) is 10.3 Å². The van der Waals surface area contributed by atoms with E-state index in [9.17, 15) is 0 Å². The Hall–Kier alpha value is -1.14. The van der Waals surface area contributed by atoms with Crippen LogP contribution in [0, 0.1) is 10.5 Å². The van der Waals surface area contributed by atoms with Crippen LogP contribution < -0.4 is 10.1 Å². The van der Waals surface area contributed by atoms with Crippen molar-refractivity contribution in [1.29, 1.82) is 0 Å². The molecule has 1 heterocycles. The number of hydrogen-bond acceptors (Lipinski definition) is 3. The molecule has 0 aliphatic carbocycles. The monoisotopic (exact) mass is 368 g/mol. The second kappa shape index (κ2) is 6.86. The van der Waals surface area contributed by atoms with Gasteiger partial charge in [0.2, 0.25) is 5.88 Å². The molecule has 3 nitrogen and oxygen atoms in total. The lowest BCUT2D eigenvalue weighted by molar-refractivity contribution is 0.460. The molecule has 1 aromatic carbocycles. The van der Waals surface area contributed by atoms with Gasteiger partial charge in [-0.05, 0) is 65.9 Å². The van der Waals surface area contributed by atoms with Crippen molar-refractivity contribution in [2.24, 2.45) is 0 Å². The van der Waals surface area contributed by atoms with Gasteiger partial charge in [0.25, 0.3) is 0 Å². The summed E-state index contributed by atoms with van der Waals surface area (Å²) in [5, 5.41) is 3.31. The van der Waals surface area contributed by atoms with Gasteiger partial charge in [-0.2, -0.15) is 0 Å². The molecule has 2 rings (SSSR count). The van der Waals surface area contributed by atoms with Crippen molar-refractivity contribution >= 4 is 22.6 Å². The van der Waals surface area contributed by atoms with Crippen LogP contribution in [0.15, 0.2) is 36.4 Å². The minimum absolute atomic E-state index is 0.648. The van der Waals surface area contributed by atoms with Gasteiger partial charge < -0.3 is 10.1 Å². The van der Waals surface area contributed by atoms with E-state index < -0.39 is 0 Å². The van der Waals surface area contributed by atoms with Gasteiger partial charge in [-0.25, -0.2) is 4.98 Å². The Kier molecular flexibility index (Phi) is 5.15. The lowest BCUT2D eigenvalue weighted by Crippen LogP contribution is -2.12. The lowest BCUT2D eigenvalue weighted by Gasteiger charge is -2.09. The number of rotatable bonds is 5. The average molecular weight is 368 g/mol. The highest BCUT2D eigenvalue weighted by Crippen LogP contribution is 2.22. The zero-order chi connectivity index (χ0) is 13.7. The predicted octanol–water partition coefficient (Wildman–Crippen LogP) is 3.90. The molecule has 0 fully saturated rings. The second-order valence-corrected chi connectivity index (χ2v) is 5.54. The molecule has 19 heavy (non-hydrogen) atoms. The Morgan fingerprint density at radius 3 is 2.84 bits per heavy atom. The van der Waals surface area contributed by atoms with Gasteiger partial charge in [-0.1, -0.05) is 13.0 Å². The van der Waals surface area contributed by atoms with Crippen LogP contribution in [0.2, 0.25) is 0 Å². The van der Waals surface area contributed by atoms with Gasteiger partial charge in [0.05, 0.1) is 0 Å². The van der Waals surface area contributed by atoms with Crippen LogP contribution >= 0.6 is 22.6 Å². The summed E-state index contributed by atoms with van der Waals surface area (Å²) in [6.07, 6.45) is 0. The average Bonchev–Trinajstić information content (AvgIpc) is 2.35. The zero-order valence-corrected chi connectivity index (χ0v) is 13.3. The number of nitrogens with one attached hydrogen (secondary N) is 1. The molecular formula is C15H17IN2O. The molecule has 0 saturated carbocycles. The van der Waals surface area contributed by atoms with E-state index in [2.05, 4.69) is 45.9 Å². The zero-order valence-electron chi connectivity index (χ0n) is 11.1. The first-order valence-corrected chi connectivity index (χ1v) is 7.37. The molecule has 1 aromatic heterocycles. The normalized spacial score (nSPS) is 10.5. The largest absolute Gasteiger partial charge is 0.439 e. The maximum atomic E-state index is 5.82. The van der Waals surface area contributed by atoms with E-state index >= 15 is 0 Å². The molecular weight excluding hydrogens is 351 g/mol. The van der Waals surface area contributed by atoms with Crippen molar-refractivity contribution in [2.75, 3.05) is 6.54 Å². The Bertz CT molecular complexity index is 558. The maximum Gasteiger partial charge on any atom is 0.219 e. The number of aromatic nitrogens is 1. The summed E-state index contributed by atoms with van der Waals surface area (Å²) in [7, 11) is 0. The molecule has 1 N–H and O–H groups in total. The van der Waals surface area contributed by atoms with Gasteiger partial charge >= 0.3 is 0 Å². The number of hydrogen-bond donors (Lipinski definition) is 1. The van der Waals surface area contributed by atoms with Crippen LogP contribution in [0.4, 0.5) is 0 Å². The van der Waals surface area contributed by atoms with Crippen molar-refractivity contribution in [3.63, 3.8) is 0 Å². The number of nitrogens with zero attached hydrogens (tertiary/aromatic N) is 1. The van der Waals surface area contributed by atoms with Crippen LogP contribution in [0.5, 0.6) is 11.6 Å². The fraction of sp³-hybridized carbons (Fsp3) is 0.267. The third-order valence-corrected chi connectivity index (χ3v) is 3.26. The van der Waals surface area contributed by atoms with Crippen LogP contribution in [0.25, 0.3) is 0 Å². The van der Waals surface area contributed by atoms with Gasteiger partial charge in [0.1, 0.15) is 5.75 Å². The minimum atomic E-state index is 0.648. The van der Waals surface area contributed by atoms with Gasteiger partial charge in [-0.3, -0.25) is 0 Å². The highest BCUT2D eigenvalue weighted by Gasteiger charge is 2.03. The first kappa shape index (κ1) is 14.3. The molecule has 4 heteroatoms. The molecule has 0 bridgehead atoms. The molecule has 0 aliphatic heterocycles. The van der Waals surface area contributed by atoms with E-state index in [0.717, 1.165) is 28.1 Å². The van der Waals surface area contributed by atoms with Crippen molar-refractivity contribution in [2.45, 2.75) is 20.4 Å². The van der Waals surface area contributed by atoms with Gasteiger partial charge in [0.15, 0.2) is 0 Å². The van der Waals surface area contributed by atoms with Crippen molar-refractivity contribution < 1.29 is 4.74 Å². The van der Waals surface area contributed by atoms with E-state index in [0.29, 0.717) is 5.88 Å². The van der Waals surface area contributed by atoms with E-state index in [1.807, 2.05) is 37.3 Å². The summed E-state index contributed by atoms with van der Waals surface area (Å²) in [6, 6.07) is 12.0. The summed E-state index contributed by atoms with van der Waals surface area (Å²) in [6.45, 7) is 5.87. The van der Waals surface area contributed by atoms with Crippen LogP contribution in [-0.4, -0.2) is 11.5 Å². The summed E-state index contributed by atoms with van der Waals surface area (Å²) >= 11 is 2.27. The number of halogens is 1. The second-order valence-electron chi connectivity index (χ2n) is 4.29. The van der Waals surface area contributed by atoms with Crippen LogP contribution in [-0.2, 0) is 6.54 Å². The quantitative estimate of drug-likeness (QED) is 0.813. The van der Waals surface area contributed by atoms with E-state index in [4.69, 9.17) is 4.74 Å². The molecule has 0 radical (unpaired) electrons. The molecule has 0 aliphatic rings. The number of pyridine rings is 1. The van der Waals surface area contributed by atoms with E-state index in [1.54, 1.807) is 0 Å². The Balaban J connectivity index is 2.17. The number of ether oxygens (including phenoxy) is 1. The number of benzene rings is 1. The SMILES string of the molecule is CCNCc1cc(C)nc(Oc2cccc(I)c2)c1. The smallest absolute Gasteiger partial charge is 0.219 e. The first-order chi connectivity index (χ1) is 9.17. The summed E-state index contributed by atoms with van der Waals surface area (Å²) < 4.78 is 6.97. The Labute approximate surface area is 127 Å². The summed E-state index contributed by atoms with van der Waals surface area (Å²) in [4.78, 5) is 4.41. The van der Waals surface area contributed by atoms with E-state index in [1.165, 1.54) is 5.56 Å². The molecule has 0 atom stereocenters. The fourth-order valence-electron chi connectivity index (χ4n) is 1.78. The lowest BCUT2D eigenvalue weighted by atomic mass is 10.2. The van der Waals surface area contributed by atoms with Crippen LogP contribution in [0.3, 0.4) is 0 Å². The highest BCUT2D eigenvalue weighted by atomic mass is 127. The third-order valence-electron chi connectivity index (χ3n) is 2.59. The highest BCUT2D eigenvalue weighted by molar-refractivity contribution is 14.1. The summed E-state index contributed by atoms with van der Waals surface area (Å²) in [5.41, 5.74) is 2.16. The summed E-state index contributed by atoms with van der Waals surface area (Å²) in [5.74, 6) is 1.47. The maximum absolute atomic E-state index is 5.82. The topological polar surface area (TPSA) is 34.2 Å². The Morgan fingerprint density at radius 1 is 1.26 bits per heavy atom. The van der Waals surface area contributed by atoms with Crippen LogP contribution in [0.1, 0.15) is 18.2 Å². The standard InChI is InChI=1S/C15H17IN2O/c1-3-17-10-12-7-11(2)18-15(8-12)19-14-6-4-5-13(16)9-14/h4-9,17H,3,10H2,1-2H3. The van der Waals surface area contributed by atoms with E-state index in [-0.39, 0.29) is 0 Å². The molecule has 100 valence electrons. The van der Waals surface area contributed by atoms with Gasteiger partial charge in [0, 0.05) is 21.9 Å². The minimum Gasteiger partial charge on any atom is -0.439 e. The first-order valence-electron chi connectivity index (χ1n) is 6.29. The number of aryl methyl sites for hydroxylation is 1. The Morgan fingerprint density at radius 2 is 2.11 bits per heavy atom. The molecule has 2 aromatic rings. The van der Waals surface area contributed by atoms with Crippen molar-refractivity contribution in [3.8, 4) is 11.6 Å². The van der Waals surface area contributed by atoms with Crippen molar-refractivity contribution in [3.05, 3.63) is 51.2 Å².